The average molecular weight is 227 g/mol. The lowest BCUT2D eigenvalue weighted by atomic mass is 10.1. The highest BCUT2D eigenvalue weighted by molar-refractivity contribution is 5.49. The van der Waals surface area contributed by atoms with Crippen LogP contribution in [0.5, 0.6) is 0 Å². The zero-order chi connectivity index (χ0) is 12.5. The molecule has 0 unspecified atom stereocenters. The highest BCUT2D eigenvalue weighted by Gasteiger charge is 2.23. The average Bonchev–Trinajstić information content (AvgIpc) is 2.77. The summed E-state index contributed by atoms with van der Waals surface area (Å²) in [5.41, 5.74) is 0.229. The maximum Gasteiger partial charge on any atom is 0.144 e. The Balaban J connectivity index is 2.63. The maximum atomic E-state index is 10.0. The molecule has 1 aromatic heterocycles. The molecule has 0 amide bonds. The Morgan fingerprint density at radius 3 is 2.71 bits per heavy atom. The van der Waals surface area contributed by atoms with Gasteiger partial charge in [0.1, 0.15) is 17.5 Å². The summed E-state index contributed by atoms with van der Waals surface area (Å²) in [7, 11) is 0. The van der Waals surface area contributed by atoms with Crippen molar-refractivity contribution in [2.24, 2.45) is 0 Å². The summed E-state index contributed by atoms with van der Waals surface area (Å²) < 4.78 is 1.73. The molecule has 0 aliphatic rings. The van der Waals surface area contributed by atoms with Crippen LogP contribution in [0.25, 0.3) is 5.69 Å². The van der Waals surface area contributed by atoms with Crippen molar-refractivity contribution in [2.75, 3.05) is 0 Å². The lowest BCUT2D eigenvalue weighted by Gasteiger charge is -2.19. The summed E-state index contributed by atoms with van der Waals surface area (Å²) in [6.07, 6.45) is 3.35. The number of nitriles is 1. The number of benzene rings is 1. The van der Waals surface area contributed by atoms with E-state index in [1.807, 2.05) is 18.2 Å². The molecule has 2 rings (SSSR count). The molecule has 0 radical (unpaired) electrons. The van der Waals surface area contributed by atoms with Gasteiger partial charge in [-0.2, -0.15) is 5.26 Å². The minimum Gasteiger partial charge on any atom is -0.382 e. The first kappa shape index (κ1) is 11.4. The van der Waals surface area contributed by atoms with Crippen LogP contribution in [0.3, 0.4) is 0 Å². The van der Waals surface area contributed by atoms with Crippen molar-refractivity contribution < 1.29 is 5.11 Å². The standard InChI is InChI=1S/C13H13N3O/c1-13(2,17)12-15-7-8-16(12)11-6-4-3-5-10(11)9-14/h3-8,17H,1-2H3. The van der Waals surface area contributed by atoms with Crippen molar-refractivity contribution in [2.45, 2.75) is 19.4 Å². The number of para-hydroxylation sites is 1. The van der Waals surface area contributed by atoms with Crippen LogP contribution in [-0.2, 0) is 5.60 Å². The van der Waals surface area contributed by atoms with Crippen LogP contribution >= 0.6 is 0 Å². The molecule has 4 heteroatoms. The predicted molar refractivity (Wildman–Crippen MR) is 63.5 cm³/mol. The van der Waals surface area contributed by atoms with E-state index < -0.39 is 5.60 Å². The molecule has 4 nitrogen and oxygen atoms in total. The van der Waals surface area contributed by atoms with Crippen molar-refractivity contribution in [3.63, 3.8) is 0 Å². The number of hydrogen-bond acceptors (Lipinski definition) is 3. The molecule has 1 aromatic carbocycles. The molecule has 0 saturated carbocycles. The molecule has 0 spiro atoms. The predicted octanol–water partition coefficient (Wildman–Crippen LogP) is 1.97. The van der Waals surface area contributed by atoms with E-state index in [0.29, 0.717) is 11.4 Å². The number of aliphatic hydroxyl groups is 1. The number of imidazole rings is 1. The third-order valence-corrected chi connectivity index (χ3v) is 2.47. The summed E-state index contributed by atoms with van der Waals surface area (Å²) >= 11 is 0. The summed E-state index contributed by atoms with van der Waals surface area (Å²) in [4.78, 5) is 4.14. The molecule has 86 valence electrons. The van der Waals surface area contributed by atoms with Gasteiger partial charge in [-0.25, -0.2) is 4.98 Å². The van der Waals surface area contributed by atoms with Crippen LogP contribution in [0.15, 0.2) is 36.7 Å². The Kier molecular flexibility index (Phi) is 2.70. The van der Waals surface area contributed by atoms with Gasteiger partial charge in [0.15, 0.2) is 0 Å². The van der Waals surface area contributed by atoms with Gasteiger partial charge in [-0.05, 0) is 26.0 Å². The van der Waals surface area contributed by atoms with Crippen molar-refractivity contribution in [3.8, 4) is 11.8 Å². The Morgan fingerprint density at radius 2 is 2.06 bits per heavy atom. The summed E-state index contributed by atoms with van der Waals surface area (Å²) in [6.45, 7) is 3.33. The monoisotopic (exact) mass is 227 g/mol. The molecule has 1 N–H and O–H groups in total. The molecule has 1 heterocycles. The van der Waals surface area contributed by atoms with Gasteiger partial charge in [0, 0.05) is 12.4 Å². The smallest absolute Gasteiger partial charge is 0.144 e. The van der Waals surface area contributed by atoms with Gasteiger partial charge < -0.3 is 9.67 Å². The highest BCUT2D eigenvalue weighted by atomic mass is 16.3. The second-order valence-electron chi connectivity index (χ2n) is 4.31. The van der Waals surface area contributed by atoms with Gasteiger partial charge in [-0.15, -0.1) is 0 Å². The topological polar surface area (TPSA) is 61.8 Å². The van der Waals surface area contributed by atoms with Crippen LogP contribution in [-0.4, -0.2) is 14.7 Å². The summed E-state index contributed by atoms with van der Waals surface area (Å²) in [5, 5.41) is 19.1. The third kappa shape index (κ3) is 2.05. The van der Waals surface area contributed by atoms with E-state index in [-0.39, 0.29) is 0 Å². The fraction of sp³-hybridized carbons (Fsp3) is 0.231. The molecular formula is C13H13N3O. The normalized spacial score (nSPS) is 11.2. The Hall–Kier alpha value is -2.12. The van der Waals surface area contributed by atoms with Crippen molar-refractivity contribution in [1.82, 2.24) is 9.55 Å². The van der Waals surface area contributed by atoms with Gasteiger partial charge in [0.25, 0.3) is 0 Å². The lowest BCUT2D eigenvalue weighted by Crippen LogP contribution is -2.21. The molecule has 0 fully saturated rings. The van der Waals surface area contributed by atoms with Crippen molar-refractivity contribution >= 4 is 0 Å². The molecule has 0 bridgehead atoms. The molecular weight excluding hydrogens is 214 g/mol. The molecule has 0 aliphatic carbocycles. The van der Waals surface area contributed by atoms with Gasteiger partial charge >= 0.3 is 0 Å². The Bertz CT molecular complexity index is 573. The SMILES string of the molecule is CC(C)(O)c1nccn1-c1ccccc1C#N. The van der Waals surface area contributed by atoms with E-state index in [9.17, 15) is 5.11 Å². The van der Waals surface area contributed by atoms with Crippen LogP contribution in [0, 0.1) is 11.3 Å². The minimum atomic E-state index is -1.05. The number of aromatic nitrogens is 2. The van der Waals surface area contributed by atoms with E-state index >= 15 is 0 Å². The van der Waals surface area contributed by atoms with Crippen molar-refractivity contribution in [1.29, 1.82) is 5.26 Å². The molecule has 2 aromatic rings. The Morgan fingerprint density at radius 1 is 1.35 bits per heavy atom. The van der Waals surface area contributed by atoms with E-state index in [1.165, 1.54) is 0 Å². The first-order valence-electron chi connectivity index (χ1n) is 5.30. The fourth-order valence-corrected chi connectivity index (χ4v) is 1.73. The van der Waals surface area contributed by atoms with E-state index in [4.69, 9.17) is 5.26 Å². The zero-order valence-corrected chi connectivity index (χ0v) is 9.75. The first-order valence-corrected chi connectivity index (χ1v) is 5.30. The molecule has 0 saturated heterocycles. The van der Waals surface area contributed by atoms with Crippen molar-refractivity contribution in [3.05, 3.63) is 48.0 Å². The van der Waals surface area contributed by atoms with E-state index in [1.54, 1.807) is 36.9 Å². The summed E-state index contributed by atoms with van der Waals surface area (Å²) in [5.74, 6) is 0.514. The van der Waals surface area contributed by atoms with E-state index in [0.717, 1.165) is 5.69 Å². The van der Waals surface area contributed by atoms with Gasteiger partial charge in [0.05, 0.1) is 11.3 Å². The van der Waals surface area contributed by atoms with Crippen LogP contribution < -0.4 is 0 Å². The maximum absolute atomic E-state index is 10.0. The second kappa shape index (κ2) is 4.04. The largest absolute Gasteiger partial charge is 0.382 e. The number of hydrogen-bond donors (Lipinski definition) is 1. The zero-order valence-electron chi connectivity index (χ0n) is 9.75. The van der Waals surface area contributed by atoms with Crippen LogP contribution in [0.1, 0.15) is 25.2 Å². The van der Waals surface area contributed by atoms with Gasteiger partial charge in [0.2, 0.25) is 0 Å². The van der Waals surface area contributed by atoms with Gasteiger partial charge in [-0.1, -0.05) is 12.1 Å². The quantitative estimate of drug-likeness (QED) is 0.853. The molecule has 0 atom stereocenters. The number of rotatable bonds is 2. The molecule has 0 aliphatic heterocycles. The van der Waals surface area contributed by atoms with Gasteiger partial charge in [-0.3, -0.25) is 0 Å². The van der Waals surface area contributed by atoms with Crippen LogP contribution in [0.4, 0.5) is 0 Å². The fourth-order valence-electron chi connectivity index (χ4n) is 1.73. The Labute approximate surface area is 99.8 Å². The number of nitrogens with zero attached hydrogens (tertiary/aromatic N) is 3. The first-order chi connectivity index (χ1) is 8.04. The summed E-state index contributed by atoms with van der Waals surface area (Å²) in [6, 6.07) is 9.36. The third-order valence-electron chi connectivity index (χ3n) is 2.47. The second-order valence-corrected chi connectivity index (χ2v) is 4.31. The van der Waals surface area contributed by atoms with E-state index in [2.05, 4.69) is 11.1 Å². The lowest BCUT2D eigenvalue weighted by molar-refractivity contribution is 0.0672. The van der Waals surface area contributed by atoms with Crippen LogP contribution in [0.2, 0.25) is 0 Å². The highest BCUT2D eigenvalue weighted by Crippen LogP contribution is 2.23. The molecule has 17 heavy (non-hydrogen) atoms. The minimum absolute atomic E-state index is 0.514.